The Morgan fingerprint density at radius 1 is 1.36 bits per heavy atom. The van der Waals surface area contributed by atoms with Gasteiger partial charge in [0.15, 0.2) is 5.82 Å². The summed E-state index contributed by atoms with van der Waals surface area (Å²) in [7, 11) is 0. The van der Waals surface area contributed by atoms with Gasteiger partial charge in [0, 0.05) is 24.7 Å². The number of nitrogens with zero attached hydrogens (tertiary/aromatic N) is 5. The maximum absolute atomic E-state index is 12.8. The Balaban J connectivity index is 1.50. The average molecular weight is 344 g/mol. The van der Waals surface area contributed by atoms with Crippen molar-refractivity contribution in [2.45, 2.75) is 31.7 Å². The Kier molecular flexibility index (Phi) is 3.52. The van der Waals surface area contributed by atoms with Crippen molar-refractivity contribution in [2.75, 3.05) is 18.4 Å². The lowest BCUT2D eigenvalue weighted by molar-refractivity contribution is -0.117. The van der Waals surface area contributed by atoms with E-state index in [1.54, 1.807) is 10.9 Å². The van der Waals surface area contributed by atoms with Crippen LogP contribution in [0, 0.1) is 5.82 Å². The van der Waals surface area contributed by atoms with Crippen LogP contribution >= 0.6 is 0 Å². The highest BCUT2D eigenvalue weighted by molar-refractivity contribution is 6.00. The summed E-state index contributed by atoms with van der Waals surface area (Å²) in [5.74, 6) is -1.18. The Morgan fingerprint density at radius 2 is 2.08 bits per heavy atom. The van der Waals surface area contributed by atoms with Crippen LogP contribution in [0.4, 0.5) is 10.3 Å². The van der Waals surface area contributed by atoms with Crippen molar-refractivity contribution in [3.63, 3.8) is 0 Å². The number of hydrogen-bond acceptors (Lipinski definition) is 5. The molecule has 1 saturated carbocycles. The van der Waals surface area contributed by atoms with Crippen molar-refractivity contribution in [1.29, 1.82) is 0 Å². The number of anilines is 1. The summed E-state index contributed by atoms with van der Waals surface area (Å²) >= 11 is 0. The van der Waals surface area contributed by atoms with Gasteiger partial charge in [-0.2, -0.15) is 5.10 Å². The third-order valence-corrected chi connectivity index (χ3v) is 4.66. The van der Waals surface area contributed by atoms with Crippen LogP contribution < -0.4 is 5.32 Å². The van der Waals surface area contributed by atoms with Gasteiger partial charge in [0.25, 0.3) is 5.91 Å². The lowest BCUT2D eigenvalue weighted by atomic mass is 9.93. The number of rotatable bonds is 4. The number of aromatic nitrogens is 4. The monoisotopic (exact) mass is 344 g/mol. The maximum Gasteiger partial charge on any atom is 0.257 e. The molecule has 2 aromatic heterocycles. The van der Waals surface area contributed by atoms with Crippen LogP contribution in [-0.4, -0.2) is 49.6 Å². The summed E-state index contributed by atoms with van der Waals surface area (Å²) in [6.07, 6.45) is 5.63. The average Bonchev–Trinajstić information content (AvgIpc) is 3.21. The molecule has 3 heterocycles. The molecule has 1 aliphatic carbocycles. The van der Waals surface area contributed by atoms with Gasteiger partial charge in [-0.25, -0.2) is 14.4 Å². The van der Waals surface area contributed by atoms with Crippen LogP contribution in [0.5, 0.6) is 0 Å². The second-order valence-corrected chi connectivity index (χ2v) is 6.46. The predicted octanol–water partition coefficient (Wildman–Crippen LogP) is 0.958. The van der Waals surface area contributed by atoms with Gasteiger partial charge in [-0.15, -0.1) is 0 Å². The second kappa shape index (κ2) is 5.61. The molecule has 0 saturated heterocycles. The zero-order chi connectivity index (χ0) is 17.6. The van der Waals surface area contributed by atoms with Crippen LogP contribution in [0.3, 0.4) is 0 Å². The van der Waals surface area contributed by atoms with Crippen molar-refractivity contribution < 1.29 is 14.0 Å². The second-order valence-electron chi connectivity index (χ2n) is 6.46. The van der Waals surface area contributed by atoms with E-state index in [1.807, 2.05) is 6.92 Å². The molecule has 0 unspecified atom stereocenters. The smallest absolute Gasteiger partial charge is 0.257 e. The van der Waals surface area contributed by atoms with Gasteiger partial charge in [0.05, 0.1) is 23.7 Å². The van der Waals surface area contributed by atoms with Crippen LogP contribution in [0.15, 0.2) is 18.6 Å². The number of amides is 2. The molecular formula is C16H17FN6O2. The molecule has 4 rings (SSSR count). The van der Waals surface area contributed by atoms with Gasteiger partial charge in [0.2, 0.25) is 11.9 Å². The summed E-state index contributed by atoms with van der Waals surface area (Å²) in [6, 6.07) is 0. The van der Waals surface area contributed by atoms with Gasteiger partial charge in [-0.3, -0.25) is 19.6 Å². The fourth-order valence-corrected chi connectivity index (χ4v) is 3.20. The van der Waals surface area contributed by atoms with E-state index in [2.05, 4.69) is 20.4 Å². The quantitative estimate of drug-likeness (QED) is 0.892. The summed E-state index contributed by atoms with van der Waals surface area (Å²) in [4.78, 5) is 33.8. The number of carbonyl (C=O) groups is 2. The molecular weight excluding hydrogens is 327 g/mol. The Hall–Kier alpha value is -2.84. The fourth-order valence-electron chi connectivity index (χ4n) is 3.20. The fraction of sp³-hybridized carbons (Fsp3) is 0.438. The first-order valence-electron chi connectivity index (χ1n) is 8.15. The molecule has 2 amide bonds. The first-order valence-corrected chi connectivity index (χ1v) is 8.15. The zero-order valence-corrected chi connectivity index (χ0v) is 13.7. The molecule has 8 nitrogen and oxygen atoms in total. The highest BCUT2D eigenvalue weighted by atomic mass is 19.1. The number of carbonyl (C=O) groups excluding carboxylic acids is 2. The van der Waals surface area contributed by atoms with E-state index in [4.69, 9.17) is 0 Å². The largest absolute Gasteiger partial charge is 0.328 e. The Bertz CT molecular complexity index is 843. The van der Waals surface area contributed by atoms with Crippen LogP contribution in [0.25, 0.3) is 0 Å². The van der Waals surface area contributed by atoms with Crippen molar-refractivity contribution in [3.05, 3.63) is 35.7 Å². The molecule has 25 heavy (non-hydrogen) atoms. The van der Waals surface area contributed by atoms with E-state index in [1.165, 1.54) is 4.90 Å². The minimum Gasteiger partial charge on any atom is -0.328 e. The summed E-state index contributed by atoms with van der Waals surface area (Å²) in [6.45, 7) is 3.05. The molecule has 1 aliphatic heterocycles. The molecule has 0 radical (unpaired) electrons. The SMILES string of the molecule is CCn1cc2c(n1)C1(CC1)CN(CC(=O)Nc1ncc(F)cn1)C2=O. The summed E-state index contributed by atoms with van der Waals surface area (Å²) < 4.78 is 14.6. The number of halogens is 1. The maximum atomic E-state index is 12.8. The number of hydrogen-bond donors (Lipinski definition) is 1. The molecule has 0 atom stereocenters. The van der Waals surface area contributed by atoms with E-state index in [0.29, 0.717) is 18.7 Å². The van der Waals surface area contributed by atoms with Crippen molar-refractivity contribution in [3.8, 4) is 0 Å². The predicted molar refractivity (Wildman–Crippen MR) is 85.3 cm³/mol. The number of fused-ring (bicyclic) bond motifs is 2. The van der Waals surface area contributed by atoms with Crippen molar-refractivity contribution in [2.24, 2.45) is 0 Å². The van der Waals surface area contributed by atoms with E-state index in [9.17, 15) is 14.0 Å². The first-order chi connectivity index (χ1) is 12.0. The van der Waals surface area contributed by atoms with E-state index < -0.39 is 11.7 Å². The highest BCUT2D eigenvalue weighted by Crippen LogP contribution is 2.51. The minimum atomic E-state index is -0.583. The summed E-state index contributed by atoms with van der Waals surface area (Å²) in [5.41, 5.74) is 1.32. The highest BCUT2D eigenvalue weighted by Gasteiger charge is 2.53. The molecule has 9 heteroatoms. The van der Waals surface area contributed by atoms with E-state index in [0.717, 1.165) is 30.9 Å². The molecule has 0 bridgehead atoms. The lowest BCUT2D eigenvalue weighted by Crippen LogP contribution is -2.46. The van der Waals surface area contributed by atoms with Gasteiger partial charge < -0.3 is 4.90 Å². The van der Waals surface area contributed by atoms with Gasteiger partial charge in [-0.1, -0.05) is 0 Å². The van der Waals surface area contributed by atoms with E-state index >= 15 is 0 Å². The summed E-state index contributed by atoms with van der Waals surface area (Å²) in [5, 5.41) is 7.02. The molecule has 1 N–H and O–H groups in total. The molecule has 2 aromatic rings. The van der Waals surface area contributed by atoms with Crippen molar-refractivity contribution in [1.82, 2.24) is 24.6 Å². The molecule has 2 aliphatic rings. The topological polar surface area (TPSA) is 93.0 Å². The van der Waals surface area contributed by atoms with Gasteiger partial charge in [0.1, 0.15) is 6.54 Å². The van der Waals surface area contributed by atoms with Gasteiger partial charge >= 0.3 is 0 Å². The normalized spacial score (nSPS) is 17.5. The molecule has 0 aromatic carbocycles. The number of aryl methyl sites for hydroxylation is 1. The van der Waals surface area contributed by atoms with Crippen LogP contribution in [-0.2, 0) is 16.8 Å². The molecule has 1 fully saturated rings. The third kappa shape index (κ3) is 2.75. The molecule has 130 valence electrons. The molecule has 1 spiro atoms. The zero-order valence-electron chi connectivity index (χ0n) is 13.7. The van der Waals surface area contributed by atoms with Crippen molar-refractivity contribution >= 4 is 17.8 Å². The lowest BCUT2D eigenvalue weighted by Gasteiger charge is -2.31. The van der Waals surface area contributed by atoms with Crippen LogP contribution in [0.2, 0.25) is 0 Å². The standard InChI is InChI=1S/C16H17FN6O2/c1-2-23-7-11-13(21-23)16(3-4-16)9-22(14(11)25)8-12(24)20-15-18-5-10(17)6-19-15/h5-7H,2-4,8-9H2,1H3,(H,18,19,20,24). The Morgan fingerprint density at radius 3 is 2.72 bits per heavy atom. The minimum absolute atomic E-state index is 0.0106. The number of nitrogens with one attached hydrogen (secondary N) is 1. The van der Waals surface area contributed by atoms with Crippen LogP contribution in [0.1, 0.15) is 35.8 Å². The Labute approximate surface area is 143 Å². The third-order valence-electron chi connectivity index (χ3n) is 4.66. The van der Waals surface area contributed by atoms with E-state index in [-0.39, 0.29) is 23.8 Å². The first kappa shape index (κ1) is 15.7. The van der Waals surface area contributed by atoms with Gasteiger partial charge in [-0.05, 0) is 19.8 Å².